The standard InChI is InChI=1S/C16H32N2O/c1-5-7-10-18(13(4)6-2)16(19)14-9-8-12(3)15(17)11-14/h12-15H,5-11,17H2,1-4H3. The number of nitrogens with two attached hydrogens (primary N) is 1. The summed E-state index contributed by atoms with van der Waals surface area (Å²) in [5.41, 5.74) is 6.14. The average molecular weight is 268 g/mol. The van der Waals surface area contributed by atoms with E-state index in [1.807, 2.05) is 0 Å². The molecule has 1 aliphatic carbocycles. The Morgan fingerprint density at radius 3 is 2.58 bits per heavy atom. The average Bonchev–Trinajstić information content (AvgIpc) is 2.41. The molecule has 1 fully saturated rings. The van der Waals surface area contributed by atoms with Crippen LogP contribution in [0.25, 0.3) is 0 Å². The van der Waals surface area contributed by atoms with E-state index >= 15 is 0 Å². The predicted octanol–water partition coefficient (Wildman–Crippen LogP) is 3.18. The van der Waals surface area contributed by atoms with E-state index < -0.39 is 0 Å². The fraction of sp³-hybridized carbons (Fsp3) is 0.938. The van der Waals surface area contributed by atoms with E-state index in [2.05, 4.69) is 32.6 Å². The Bertz CT molecular complexity index is 280. The molecule has 3 heteroatoms. The fourth-order valence-electron chi connectivity index (χ4n) is 2.91. The molecule has 0 spiro atoms. The highest BCUT2D eigenvalue weighted by Crippen LogP contribution is 2.29. The second-order valence-electron chi connectivity index (χ2n) is 6.29. The summed E-state index contributed by atoms with van der Waals surface area (Å²) < 4.78 is 0. The maximum Gasteiger partial charge on any atom is 0.225 e. The SMILES string of the molecule is CCCCN(C(=O)C1CCC(C)C(N)C1)C(C)CC. The molecule has 3 nitrogen and oxygen atoms in total. The van der Waals surface area contributed by atoms with Crippen LogP contribution in [0.2, 0.25) is 0 Å². The molecule has 2 N–H and O–H groups in total. The molecule has 1 saturated carbocycles. The Morgan fingerprint density at radius 2 is 2.05 bits per heavy atom. The van der Waals surface area contributed by atoms with Crippen LogP contribution in [0.4, 0.5) is 0 Å². The second kappa shape index (κ2) is 7.88. The van der Waals surface area contributed by atoms with E-state index in [0.29, 0.717) is 17.9 Å². The molecule has 1 rings (SSSR count). The first kappa shape index (κ1) is 16.5. The molecule has 1 amide bonds. The van der Waals surface area contributed by atoms with Gasteiger partial charge >= 0.3 is 0 Å². The van der Waals surface area contributed by atoms with Gasteiger partial charge in [0.25, 0.3) is 0 Å². The molecule has 0 bridgehead atoms. The lowest BCUT2D eigenvalue weighted by Crippen LogP contribution is -2.46. The maximum atomic E-state index is 12.7. The van der Waals surface area contributed by atoms with Crippen LogP contribution in [0.1, 0.15) is 66.2 Å². The van der Waals surface area contributed by atoms with Gasteiger partial charge in [-0.25, -0.2) is 0 Å². The van der Waals surface area contributed by atoms with Gasteiger partial charge in [-0.05, 0) is 44.9 Å². The molecule has 0 aliphatic heterocycles. The molecule has 4 unspecified atom stereocenters. The summed E-state index contributed by atoms with van der Waals surface area (Å²) in [5, 5.41) is 0. The third kappa shape index (κ3) is 4.48. The van der Waals surface area contributed by atoms with Crippen LogP contribution in [-0.4, -0.2) is 29.4 Å². The molecule has 4 atom stereocenters. The van der Waals surface area contributed by atoms with Gasteiger partial charge in [0, 0.05) is 24.5 Å². The van der Waals surface area contributed by atoms with Crippen molar-refractivity contribution in [3.05, 3.63) is 0 Å². The first-order valence-electron chi connectivity index (χ1n) is 8.07. The summed E-state index contributed by atoms with van der Waals surface area (Å²) in [6, 6.07) is 0.558. The quantitative estimate of drug-likeness (QED) is 0.804. The topological polar surface area (TPSA) is 46.3 Å². The number of hydrogen-bond acceptors (Lipinski definition) is 2. The number of hydrogen-bond donors (Lipinski definition) is 1. The Labute approximate surface area is 118 Å². The molecule has 0 aromatic rings. The van der Waals surface area contributed by atoms with E-state index in [1.54, 1.807) is 0 Å². The normalized spacial score (nSPS) is 29.0. The van der Waals surface area contributed by atoms with E-state index in [9.17, 15) is 4.79 Å². The number of rotatable bonds is 6. The minimum atomic E-state index is 0.164. The van der Waals surface area contributed by atoms with Gasteiger partial charge < -0.3 is 10.6 Å². The molecule has 112 valence electrons. The predicted molar refractivity (Wildman–Crippen MR) is 80.9 cm³/mol. The minimum Gasteiger partial charge on any atom is -0.340 e. The van der Waals surface area contributed by atoms with E-state index in [0.717, 1.165) is 45.1 Å². The van der Waals surface area contributed by atoms with E-state index in [1.165, 1.54) is 0 Å². The zero-order chi connectivity index (χ0) is 14.4. The van der Waals surface area contributed by atoms with Crippen molar-refractivity contribution in [3.8, 4) is 0 Å². The molecular weight excluding hydrogens is 236 g/mol. The van der Waals surface area contributed by atoms with Crippen LogP contribution >= 0.6 is 0 Å². The van der Waals surface area contributed by atoms with Crippen molar-refractivity contribution in [3.63, 3.8) is 0 Å². The zero-order valence-corrected chi connectivity index (χ0v) is 13.2. The lowest BCUT2D eigenvalue weighted by Gasteiger charge is -2.36. The monoisotopic (exact) mass is 268 g/mol. The highest BCUT2D eigenvalue weighted by atomic mass is 16.2. The van der Waals surface area contributed by atoms with Crippen LogP contribution in [0, 0.1) is 11.8 Å². The third-order valence-electron chi connectivity index (χ3n) is 4.77. The minimum absolute atomic E-state index is 0.164. The van der Waals surface area contributed by atoms with Gasteiger partial charge in [-0.3, -0.25) is 4.79 Å². The molecule has 0 heterocycles. The van der Waals surface area contributed by atoms with Crippen LogP contribution in [0.5, 0.6) is 0 Å². The van der Waals surface area contributed by atoms with Crippen molar-refractivity contribution in [2.24, 2.45) is 17.6 Å². The van der Waals surface area contributed by atoms with Gasteiger partial charge in [-0.1, -0.05) is 27.2 Å². The molecule has 0 aromatic carbocycles. The van der Waals surface area contributed by atoms with Gasteiger partial charge in [0.05, 0.1) is 0 Å². The van der Waals surface area contributed by atoms with Gasteiger partial charge in [0.2, 0.25) is 5.91 Å². The Kier molecular flexibility index (Phi) is 6.84. The van der Waals surface area contributed by atoms with Crippen LogP contribution < -0.4 is 5.73 Å². The molecule has 0 saturated heterocycles. The lowest BCUT2D eigenvalue weighted by molar-refractivity contribution is -0.139. The Balaban J connectivity index is 2.65. The van der Waals surface area contributed by atoms with Crippen LogP contribution in [-0.2, 0) is 4.79 Å². The highest BCUT2D eigenvalue weighted by molar-refractivity contribution is 5.79. The van der Waals surface area contributed by atoms with Crippen molar-refractivity contribution in [1.29, 1.82) is 0 Å². The Morgan fingerprint density at radius 1 is 1.37 bits per heavy atom. The van der Waals surface area contributed by atoms with Gasteiger partial charge in [-0.15, -0.1) is 0 Å². The molecule has 0 radical (unpaired) electrons. The molecule has 19 heavy (non-hydrogen) atoms. The van der Waals surface area contributed by atoms with Crippen molar-refractivity contribution < 1.29 is 4.79 Å². The van der Waals surface area contributed by atoms with Crippen LogP contribution in [0.15, 0.2) is 0 Å². The molecule has 0 aromatic heterocycles. The number of nitrogens with zero attached hydrogens (tertiary/aromatic N) is 1. The summed E-state index contributed by atoms with van der Waals surface area (Å²) in [6.07, 6.45) is 6.27. The van der Waals surface area contributed by atoms with Crippen molar-refractivity contribution >= 4 is 5.91 Å². The second-order valence-corrected chi connectivity index (χ2v) is 6.29. The first-order chi connectivity index (χ1) is 9.01. The van der Waals surface area contributed by atoms with E-state index in [4.69, 9.17) is 5.73 Å². The summed E-state index contributed by atoms with van der Waals surface area (Å²) in [7, 11) is 0. The van der Waals surface area contributed by atoms with Crippen molar-refractivity contribution in [2.45, 2.75) is 78.3 Å². The summed E-state index contributed by atoms with van der Waals surface area (Å²) in [5.74, 6) is 1.08. The fourth-order valence-corrected chi connectivity index (χ4v) is 2.91. The highest BCUT2D eigenvalue weighted by Gasteiger charge is 2.33. The smallest absolute Gasteiger partial charge is 0.225 e. The largest absolute Gasteiger partial charge is 0.340 e. The van der Waals surface area contributed by atoms with E-state index in [-0.39, 0.29) is 12.0 Å². The third-order valence-corrected chi connectivity index (χ3v) is 4.77. The first-order valence-corrected chi connectivity index (χ1v) is 8.07. The number of carbonyl (C=O) groups is 1. The summed E-state index contributed by atoms with van der Waals surface area (Å²) in [6.45, 7) is 9.61. The van der Waals surface area contributed by atoms with Gasteiger partial charge in [-0.2, -0.15) is 0 Å². The Hall–Kier alpha value is -0.570. The van der Waals surface area contributed by atoms with Crippen molar-refractivity contribution in [2.75, 3.05) is 6.54 Å². The van der Waals surface area contributed by atoms with Crippen LogP contribution in [0.3, 0.4) is 0 Å². The van der Waals surface area contributed by atoms with Gasteiger partial charge in [0.1, 0.15) is 0 Å². The molecular formula is C16H32N2O. The lowest BCUT2D eigenvalue weighted by atomic mass is 9.79. The van der Waals surface area contributed by atoms with Gasteiger partial charge in [0.15, 0.2) is 0 Å². The summed E-state index contributed by atoms with van der Waals surface area (Å²) in [4.78, 5) is 14.8. The number of carbonyl (C=O) groups excluding carboxylic acids is 1. The zero-order valence-electron chi connectivity index (χ0n) is 13.2. The number of unbranched alkanes of at least 4 members (excludes halogenated alkanes) is 1. The summed E-state index contributed by atoms with van der Waals surface area (Å²) >= 11 is 0. The maximum absolute atomic E-state index is 12.7. The molecule has 1 aliphatic rings. The van der Waals surface area contributed by atoms with Crippen molar-refractivity contribution in [1.82, 2.24) is 4.90 Å². The number of amides is 1.